The van der Waals surface area contributed by atoms with E-state index in [1.54, 1.807) is 6.07 Å². The van der Waals surface area contributed by atoms with Crippen LogP contribution in [0.25, 0.3) is 0 Å². The van der Waals surface area contributed by atoms with Crippen LogP contribution >= 0.6 is 0 Å². The van der Waals surface area contributed by atoms with Crippen molar-refractivity contribution in [3.63, 3.8) is 0 Å². The number of hydrogen-bond donors (Lipinski definition) is 1. The normalized spacial score (nSPS) is 15.8. The van der Waals surface area contributed by atoms with Gasteiger partial charge in [-0.3, -0.25) is 9.69 Å². The highest BCUT2D eigenvalue weighted by molar-refractivity contribution is 5.92. The number of carbonyl (C=O) groups excluding carboxylic acids is 1. The van der Waals surface area contributed by atoms with Gasteiger partial charge < -0.3 is 9.84 Å². The van der Waals surface area contributed by atoms with Crippen molar-refractivity contribution in [1.82, 2.24) is 15.4 Å². The van der Waals surface area contributed by atoms with Crippen LogP contribution in [-0.4, -0.2) is 29.6 Å². The molecule has 0 aliphatic heterocycles. The van der Waals surface area contributed by atoms with Crippen LogP contribution in [0.3, 0.4) is 0 Å². The van der Waals surface area contributed by atoms with Gasteiger partial charge in [-0.1, -0.05) is 48.8 Å². The molecule has 1 aromatic heterocycles. The lowest BCUT2D eigenvalue weighted by Gasteiger charge is -2.41. The van der Waals surface area contributed by atoms with Gasteiger partial charge in [0.15, 0.2) is 11.5 Å². The minimum absolute atomic E-state index is 0.138. The van der Waals surface area contributed by atoms with E-state index in [0.717, 1.165) is 19.5 Å². The molecular formula is C20H27N3O2. The summed E-state index contributed by atoms with van der Waals surface area (Å²) in [6.07, 6.45) is 4.80. The quantitative estimate of drug-likeness (QED) is 0.797. The van der Waals surface area contributed by atoms with Crippen LogP contribution in [0.5, 0.6) is 0 Å². The van der Waals surface area contributed by atoms with Crippen molar-refractivity contribution in [3.05, 3.63) is 53.4 Å². The molecule has 1 fully saturated rings. The van der Waals surface area contributed by atoms with E-state index >= 15 is 0 Å². The maximum atomic E-state index is 12.3. The van der Waals surface area contributed by atoms with Crippen LogP contribution in [0.1, 0.15) is 54.4 Å². The monoisotopic (exact) mass is 341 g/mol. The second-order valence-electron chi connectivity index (χ2n) is 7.23. The Morgan fingerprint density at radius 1 is 1.28 bits per heavy atom. The fourth-order valence-electron chi connectivity index (χ4n) is 3.40. The molecule has 25 heavy (non-hydrogen) atoms. The molecule has 5 heteroatoms. The van der Waals surface area contributed by atoms with E-state index in [9.17, 15) is 4.79 Å². The second kappa shape index (κ2) is 7.83. The largest absolute Gasteiger partial charge is 0.359 e. The molecule has 0 atom stereocenters. The number of hydrogen-bond acceptors (Lipinski definition) is 4. The second-order valence-corrected chi connectivity index (χ2v) is 7.23. The Morgan fingerprint density at radius 2 is 2.04 bits per heavy atom. The molecule has 1 aliphatic rings. The summed E-state index contributed by atoms with van der Waals surface area (Å²) in [6.45, 7) is 4.37. The zero-order valence-electron chi connectivity index (χ0n) is 15.1. The highest BCUT2D eigenvalue weighted by Crippen LogP contribution is 2.43. The van der Waals surface area contributed by atoms with E-state index in [-0.39, 0.29) is 5.91 Å². The zero-order chi connectivity index (χ0) is 17.7. The Bertz CT molecular complexity index is 686. The predicted octanol–water partition coefficient (Wildman–Crippen LogP) is 3.62. The molecule has 0 spiro atoms. The van der Waals surface area contributed by atoms with Gasteiger partial charge in [0.1, 0.15) is 0 Å². The molecule has 3 rings (SSSR count). The molecule has 1 amide bonds. The first kappa shape index (κ1) is 17.7. The van der Waals surface area contributed by atoms with Crippen LogP contribution < -0.4 is 5.32 Å². The fraction of sp³-hybridized carbons (Fsp3) is 0.500. The molecule has 2 aromatic rings. The van der Waals surface area contributed by atoms with Crippen LogP contribution in [0, 0.1) is 5.41 Å². The summed E-state index contributed by atoms with van der Waals surface area (Å²) in [7, 11) is 2.02. The summed E-state index contributed by atoms with van der Waals surface area (Å²) in [5.74, 6) is 0.567. The van der Waals surface area contributed by atoms with Gasteiger partial charge in [0.2, 0.25) is 0 Å². The van der Waals surface area contributed by atoms with Gasteiger partial charge in [-0.05, 0) is 37.3 Å². The van der Waals surface area contributed by atoms with Gasteiger partial charge in [-0.15, -0.1) is 0 Å². The molecule has 134 valence electrons. The number of carbonyl (C=O) groups is 1. The molecule has 5 nitrogen and oxygen atoms in total. The molecule has 0 unspecified atom stereocenters. The van der Waals surface area contributed by atoms with Gasteiger partial charge in [0.25, 0.3) is 5.91 Å². The molecule has 1 aromatic carbocycles. The number of amides is 1. The third kappa shape index (κ3) is 4.48. The number of nitrogens with one attached hydrogen (secondary N) is 1. The van der Waals surface area contributed by atoms with Gasteiger partial charge in [-0.2, -0.15) is 0 Å². The highest BCUT2D eigenvalue weighted by Gasteiger charge is 2.35. The van der Waals surface area contributed by atoms with E-state index in [1.165, 1.54) is 24.8 Å². The Morgan fingerprint density at radius 3 is 2.68 bits per heavy atom. The van der Waals surface area contributed by atoms with Crippen molar-refractivity contribution in [3.8, 4) is 0 Å². The molecule has 0 saturated heterocycles. The number of rotatable bonds is 8. The van der Waals surface area contributed by atoms with Gasteiger partial charge >= 0.3 is 0 Å². The van der Waals surface area contributed by atoms with Crippen LogP contribution in [0.4, 0.5) is 0 Å². The third-order valence-corrected chi connectivity index (χ3v) is 5.30. The molecule has 1 N–H and O–H groups in total. The van der Waals surface area contributed by atoms with E-state index in [2.05, 4.69) is 34.4 Å². The fourth-order valence-corrected chi connectivity index (χ4v) is 3.40. The van der Waals surface area contributed by atoms with Gasteiger partial charge in [0, 0.05) is 19.2 Å². The first-order valence-electron chi connectivity index (χ1n) is 9.06. The number of nitrogens with zero attached hydrogens (tertiary/aromatic N) is 2. The summed E-state index contributed by atoms with van der Waals surface area (Å²) in [5, 5.41) is 6.96. The van der Waals surface area contributed by atoms with E-state index < -0.39 is 0 Å². The Balaban J connectivity index is 1.50. The van der Waals surface area contributed by atoms with Crippen LogP contribution in [0.2, 0.25) is 0 Å². The summed E-state index contributed by atoms with van der Waals surface area (Å²) < 4.78 is 5.34. The first-order chi connectivity index (χ1) is 12.1. The molecular weight excluding hydrogens is 314 g/mol. The number of benzene rings is 1. The van der Waals surface area contributed by atoms with Gasteiger partial charge in [-0.25, -0.2) is 0 Å². The van der Waals surface area contributed by atoms with Crippen molar-refractivity contribution in [2.24, 2.45) is 5.41 Å². The lowest BCUT2D eigenvalue weighted by atomic mass is 9.67. The first-order valence-corrected chi connectivity index (χ1v) is 9.06. The summed E-state index contributed by atoms with van der Waals surface area (Å²) in [6, 6.07) is 12.0. The predicted molar refractivity (Wildman–Crippen MR) is 97.0 cm³/mol. The Kier molecular flexibility index (Phi) is 5.53. The Hall–Kier alpha value is -2.14. The standard InChI is InChI=1S/C20H27N3O2/c1-3-20(10-7-11-20)15-21-19(24)18-12-17(25-22-18)14-23(2)13-16-8-5-4-6-9-16/h4-6,8-9,12H,3,7,10-11,13-15H2,1-2H3,(H,21,24). The van der Waals surface area contributed by atoms with Crippen molar-refractivity contribution in [2.75, 3.05) is 13.6 Å². The van der Waals surface area contributed by atoms with E-state index in [1.807, 2.05) is 25.2 Å². The topological polar surface area (TPSA) is 58.4 Å². The summed E-state index contributed by atoms with van der Waals surface area (Å²) >= 11 is 0. The average molecular weight is 341 g/mol. The van der Waals surface area contributed by atoms with Crippen molar-refractivity contribution < 1.29 is 9.32 Å². The SMILES string of the molecule is CCC1(CNC(=O)c2cc(CN(C)Cc3ccccc3)on2)CCC1. The highest BCUT2D eigenvalue weighted by atomic mass is 16.5. The molecule has 1 aliphatic carbocycles. The smallest absolute Gasteiger partial charge is 0.273 e. The maximum Gasteiger partial charge on any atom is 0.273 e. The lowest BCUT2D eigenvalue weighted by Crippen LogP contribution is -2.41. The van der Waals surface area contributed by atoms with Crippen LogP contribution in [0.15, 0.2) is 40.9 Å². The molecule has 1 saturated carbocycles. The molecule has 0 radical (unpaired) electrons. The van der Waals surface area contributed by atoms with Crippen molar-refractivity contribution in [2.45, 2.75) is 45.7 Å². The van der Waals surface area contributed by atoms with Crippen molar-refractivity contribution >= 4 is 5.91 Å². The van der Waals surface area contributed by atoms with Gasteiger partial charge in [0.05, 0.1) is 6.54 Å². The summed E-state index contributed by atoms with van der Waals surface area (Å²) in [4.78, 5) is 14.4. The third-order valence-electron chi connectivity index (χ3n) is 5.30. The molecule has 0 bridgehead atoms. The zero-order valence-corrected chi connectivity index (χ0v) is 15.1. The maximum absolute atomic E-state index is 12.3. The lowest BCUT2D eigenvalue weighted by molar-refractivity contribution is 0.0842. The Labute approximate surface area is 149 Å². The van der Waals surface area contributed by atoms with E-state index in [4.69, 9.17) is 4.52 Å². The van der Waals surface area contributed by atoms with E-state index in [0.29, 0.717) is 23.4 Å². The average Bonchev–Trinajstić information content (AvgIpc) is 3.03. The minimum atomic E-state index is -0.138. The summed E-state index contributed by atoms with van der Waals surface area (Å²) in [5.41, 5.74) is 1.92. The minimum Gasteiger partial charge on any atom is -0.359 e. The van der Waals surface area contributed by atoms with Crippen LogP contribution in [-0.2, 0) is 13.1 Å². The molecule has 1 heterocycles. The van der Waals surface area contributed by atoms with Crippen molar-refractivity contribution in [1.29, 1.82) is 0 Å². The number of aromatic nitrogens is 1.